The van der Waals surface area contributed by atoms with Crippen LogP contribution in [0, 0.1) is 5.92 Å². The molecule has 1 aromatic rings. The lowest BCUT2D eigenvalue weighted by Crippen LogP contribution is -2.50. The lowest BCUT2D eigenvalue weighted by Gasteiger charge is -2.34. The van der Waals surface area contributed by atoms with Gasteiger partial charge in [0.05, 0.1) is 25.9 Å². The molecule has 2 unspecified atom stereocenters. The number of urea groups is 1. The van der Waals surface area contributed by atoms with Crippen LogP contribution in [0.15, 0.2) is 24.3 Å². The van der Waals surface area contributed by atoms with Crippen molar-refractivity contribution in [2.45, 2.75) is 38.8 Å². The van der Waals surface area contributed by atoms with E-state index in [4.69, 9.17) is 9.47 Å². The Morgan fingerprint density at radius 2 is 2.07 bits per heavy atom. The van der Waals surface area contributed by atoms with E-state index in [0.717, 1.165) is 51.4 Å². The van der Waals surface area contributed by atoms with Crippen LogP contribution in [0.4, 0.5) is 4.79 Å². The van der Waals surface area contributed by atoms with Crippen LogP contribution in [0.2, 0.25) is 0 Å². The largest absolute Gasteiger partial charge is 0.497 e. The third kappa shape index (κ3) is 5.36. The van der Waals surface area contributed by atoms with Crippen LogP contribution in [-0.4, -0.2) is 68.4 Å². The number of amides is 2. The molecule has 6 heteroatoms. The quantitative estimate of drug-likeness (QED) is 0.831. The molecule has 6 nitrogen and oxygen atoms in total. The fourth-order valence-corrected chi connectivity index (χ4v) is 4.07. The summed E-state index contributed by atoms with van der Waals surface area (Å²) in [4.78, 5) is 17.2. The smallest absolute Gasteiger partial charge is 0.318 e. The fourth-order valence-electron chi connectivity index (χ4n) is 4.07. The number of likely N-dealkylation sites (tertiary alicyclic amines) is 1. The molecule has 2 aliphatic heterocycles. The first-order chi connectivity index (χ1) is 13.1. The Morgan fingerprint density at radius 1 is 1.30 bits per heavy atom. The van der Waals surface area contributed by atoms with Crippen molar-refractivity contribution in [3.63, 3.8) is 0 Å². The number of methoxy groups -OCH3 is 1. The first kappa shape index (κ1) is 20.0. The molecule has 1 N–H and O–H groups in total. The van der Waals surface area contributed by atoms with E-state index in [1.54, 1.807) is 7.11 Å². The maximum absolute atomic E-state index is 12.8. The van der Waals surface area contributed by atoms with Crippen molar-refractivity contribution >= 4 is 6.03 Å². The fraction of sp³-hybridized carbons (Fsp3) is 0.667. The molecule has 1 aromatic carbocycles. The molecule has 0 bridgehead atoms. The normalized spacial score (nSPS) is 23.6. The van der Waals surface area contributed by atoms with Crippen LogP contribution in [0.5, 0.6) is 5.75 Å². The number of nitrogens with zero attached hydrogens (tertiary/aromatic N) is 2. The Hall–Kier alpha value is -1.79. The molecule has 2 heterocycles. The van der Waals surface area contributed by atoms with E-state index in [9.17, 15) is 4.79 Å². The Kier molecular flexibility index (Phi) is 6.96. The van der Waals surface area contributed by atoms with Crippen LogP contribution in [0.1, 0.15) is 38.3 Å². The molecular formula is C21H33N3O3. The average molecular weight is 376 g/mol. The highest BCUT2D eigenvalue weighted by molar-refractivity contribution is 5.75. The maximum Gasteiger partial charge on any atom is 0.318 e. The first-order valence-electron chi connectivity index (χ1n) is 10.1. The van der Waals surface area contributed by atoms with Crippen LogP contribution < -0.4 is 10.1 Å². The van der Waals surface area contributed by atoms with Crippen LogP contribution in [0.25, 0.3) is 0 Å². The molecule has 0 radical (unpaired) electrons. The summed E-state index contributed by atoms with van der Waals surface area (Å²) >= 11 is 0. The van der Waals surface area contributed by atoms with Gasteiger partial charge in [-0.3, -0.25) is 4.90 Å². The maximum atomic E-state index is 12.8. The summed E-state index contributed by atoms with van der Waals surface area (Å²) in [7, 11) is 1.67. The zero-order chi connectivity index (χ0) is 19.2. The van der Waals surface area contributed by atoms with Crippen molar-refractivity contribution < 1.29 is 14.3 Å². The average Bonchev–Trinajstić information content (AvgIpc) is 3.16. The summed E-state index contributed by atoms with van der Waals surface area (Å²) in [6.07, 6.45) is 2.11. The Labute approximate surface area is 162 Å². The number of hydrogen-bond acceptors (Lipinski definition) is 4. The van der Waals surface area contributed by atoms with Gasteiger partial charge < -0.3 is 19.7 Å². The van der Waals surface area contributed by atoms with Crippen molar-refractivity contribution in [1.82, 2.24) is 15.1 Å². The summed E-state index contributed by atoms with van der Waals surface area (Å²) < 4.78 is 11.1. The molecule has 0 aromatic heterocycles. The highest BCUT2D eigenvalue weighted by atomic mass is 16.5. The van der Waals surface area contributed by atoms with Crippen LogP contribution >= 0.6 is 0 Å². The van der Waals surface area contributed by atoms with Gasteiger partial charge in [0.2, 0.25) is 0 Å². The summed E-state index contributed by atoms with van der Waals surface area (Å²) in [5.41, 5.74) is 1.17. The van der Waals surface area contributed by atoms with Gasteiger partial charge in [0.25, 0.3) is 0 Å². The van der Waals surface area contributed by atoms with Gasteiger partial charge in [-0.05, 0) is 36.5 Å². The first-order valence-corrected chi connectivity index (χ1v) is 10.1. The van der Waals surface area contributed by atoms with Gasteiger partial charge in [-0.2, -0.15) is 0 Å². The van der Waals surface area contributed by atoms with Crippen LogP contribution in [0.3, 0.4) is 0 Å². The standard InChI is InChI=1S/C21H33N3O3/c1-16(2)14-23-11-12-27-19(15-23)13-22-21(25)24-10-4-5-20(24)17-6-8-18(26-3)9-7-17/h6-9,16,19-20H,4-5,10-15H2,1-3H3,(H,22,25). The van der Waals surface area contributed by atoms with E-state index in [2.05, 4.69) is 36.2 Å². The molecule has 3 rings (SSSR count). The predicted molar refractivity (Wildman–Crippen MR) is 106 cm³/mol. The third-order valence-corrected chi connectivity index (χ3v) is 5.34. The second kappa shape index (κ2) is 9.42. The molecule has 2 fully saturated rings. The summed E-state index contributed by atoms with van der Waals surface area (Å²) in [5.74, 6) is 1.49. The molecule has 2 aliphatic rings. The lowest BCUT2D eigenvalue weighted by atomic mass is 10.0. The van der Waals surface area contributed by atoms with Crippen molar-refractivity contribution in [2.24, 2.45) is 5.92 Å². The number of benzene rings is 1. The topological polar surface area (TPSA) is 54.0 Å². The lowest BCUT2D eigenvalue weighted by molar-refractivity contribution is -0.0294. The van der Waals surface area contributed by atoms with Crippen molar-refractivity contribution in [3.8, 4) is 5.75 Å². The van der Waals surface area contributed by atoms with E-state index < -0.39 is 0 Å². The van der Waals surface area contributed by atoms with E-state index >= 15 is 0 Å². The number of hydrogen-bond donors (Lipinski definition) is 1. The summed E-state index contributed by atoms with van der Waals surface area (Å²) in [5, 5.41) is 3.10. The summed E-state index contributed by atoms with van der Waals surface area (Å²) in [6.45, 7) is 9.53. The van der Waals surface area contributed by atoms with Gasteiger partial charge in [-0.25, -0.2) is 4.79 Å². The predicted octanol–water partition coefficient (Wildman–Crippen LogP) is 2.90. The minimum absolute atomic E-state index is 0.0119. The van der Waals surface area contributed by atoms with Crippen molar-refractivity contribution in [1.29, 1.82) is 0 Å². The number of morpholine rings is 1. The zero-order valence-corrected chi connectivity index (χ0v) is 16.8. The Balaban J connectivity index is 1.52. The van der Waals surface area contributed by atoms with Crippen LogP contribution in [-0.2, 0) is 4.74 Å². The Bertz CT molecular complexity index is 605. The van der Waals surface area contributed by atoms with Gasteiger partial charge in [0, 0.05) is 32.7 Å². The molecule has 2 amide bonds. The van der Waals surface area contributed by atoms with E-state index in [0.29, 0.717) is 12.5 Å². The number of rotatable bonds is 6. The van der Waals surface area contributed by atoms with E-state index in [1.165, 1.54) is 5.56 Å². The second-order valence-corrected chi connectivity index (χ2v) is 7.96. The second-order valence-electron chi connectivity index (χ2n) is 7.96. The molecule has 0 saturated carbocycles. The van der Waals surface area contributed by atoms with E-state index in [1.807, 2.05) is 17.0 Å². The monoisotopic (exact) mass is 375 g/mol. The highest BCUT2D eigenvalue weighted by Gasteiger charge is 2.30. The molecule has 0 spiro atoms. The van der Waals surface area contributed by atoms with Gasteiger partial charge in [-0.1, -0.05) is 26.0 Å². The number of carbonyl (C=O) groups is 1. The van der Waals surface area contributed by atoms with E-state index in [-0.39, 0.29) is 18.2 Å². The molecule has 150 valence electrons. The van der Waals surface area contributed by atoms with Crippen molar-refractivity contribution in [2.75, 3.05) is 46.4 Å². The van der Waals surface area contributed by atoms with Gasteiger partial charge >= 0.3 is 6.03 Å². The number of carbonyl (C=O) groups excluding carboxylic acids is 1. The molecule has 27 heavy (non-hydrogen) atoms. The van der Waals surface area contributed by atoms with Gasteiger partial charge in [0.15, 0.2) is 0 Å². The molecule has 2 saturated heterocycles. The Morgan fingerprint density at radius 3 is 2.78 bits per heavy atom. The SMILES string of the molecule is COc1ccc(C2CCCN2C(=O)NCC2CN(CC(C)C)CCO2)cc1. The third-order valence-electron chi connectivity index (χ3n) is 5.34. The molecule has 2 atom stereocenters. The number of ether oxygens (including phenoxy) is 2. The van der Waals surface area contributed by atoms with Gasteiger partial charge in [-0.15, -0.1) is 0 Å². The highest BCUT2D eigenvalue weighted by Crippen LogP contribution is 2.32. The summed E-state index contributed by atoms with van der Waals surface area (Å²) in [6, 6.07) is 8.19. The molecular weight excluding hydrogens is 342 g/mol. The zero-order valence-electron chi connectivity index (χ0n) is 16.8. The number of nitrogens with one attached hydrogen (secondary N) is 1. The molecule has 0 aliphatic carbocycles. The van der Waals surface area contributed by atoms with Gasteiger partial charge in [0.1, 0.15) is 5.75 Å². The minimum atomic E-state index is 0.0119. The minimum Gasteiger partial charge on any atom is -0.497 e. The van der Waals surface area contributed by atoms with Crippen molar-refractivity contribution in [3.05, 3.63) is 29.8 Å².